The molecule has 3 fully saturated rings. The van der Waals surface area contributed by atoms with Crippen LogP contribution < -0.4 is 4.90 Å². The molecule has 3 saturated heterocycles. The van der Waals surface area contributed by atoms with Crippen molar-refractivity contribution >= 4 is 23.7 Å². The number of aromatic nitrogens is 2. The highest BCUT2D eigenvalue weighted by atomic mass is 32.2. The molecule has 0 unspecified atom stereocenters. The van der Waals surface area contributed by atoms with Gasteiger partial charge in [0.25, 0.3) is 0 Å². The number of anilines is 1. The topological polar surface area (TPSA) is 62.5 Å². The summed E-state index contributed by atoms with van der Waals surface area (Å²) < 4.78 is 5.79. The molecule has 0 aliphatic carbocycles. The summed E-state index contributed by atoms with van der Waals surface area (Å²) in [6.07, 6.45) is 3.36. The maximum atomic E-state index is 12.5. The molecular weight excluding hydrogens is 324 g/mol. The first-order valence-corrected chi connectivity index (χ1v) is 10.2. The summed E-state index contributed by atoms with van der Waals surface area (Å²) in [6.45, 7) is 7.91. The van der Waals surface area contributed by atoms with Gasteiger partial charge in [0.15, 0.2) is 0 Å². The number of nitrogens with zero attached hydrogens (tertiary/aromatic N) is 4. The van der Waals surface area contributed by atoms with E-state index >= 15 is 0 Å². The van der Waals surface area contributed by atoms with Crippen LogP contribution in [0.4, 0.5) is 6.01 Å². The zero-order valence-electron chi connectivity index (χ0n) is 14.5. The van der Waals surface area contributed by atoms with Crippen molar-refractivity contribution in [2.45, 2.75) is 39.0 Å². The third-order valence-corrected chi connectivity index (χ3v) is 7.03. The number of likely N-dealkylation sites (tertiary alicyclic amines) is 1. The molecule has 0 atom stereocenters. The summed E-state index contributed by atoms with van der Waals surface area (Å²) in [4.78, 5) is 16.8. The third kappa shape index (κ3) is 2.91. The molecular formula is C17H26N4O2S. The second-order valence-corrected chi connectivity index (χ2v) is 8.88. The van der Waals surface area contributed by atoms with E-state index in [1.807, 2.05) is 11.8 Å². The molecule has 4 heterocycles. The standard InChI is InChI=1S/C17H26N4O2S/c1-12(2)14-18-19-16(23-14)20-6-3-17(4-7-20)5-8-21(11-17)15(22)13-9-24-10-13/h12-13H,3-11H2,1-2H3. The summed E-state index contributed by atoms with van der Waals surface area (Å²) in [6, 6.07) is 0.658. The molecule has 1 aromatic heterocycles. The Labute approximate surface area is 147 Å². The van der Waals surface area contributed by atoms with Gasteiger partial charge in [0.2, 0.25) is 11.8 Å². The fourth-order valence-corrected chi connectivity index (χ4v) is 4.68. The van der Waals surface area contributed by atoms with Crippen LogP contribution in [0.3, 0.4) is 0 Å². The van der Waals surface area contributed by atoms with Crippen LogP contribution in [0.2, 0.25) is 0 Å². The van der Waals surface area contributed by atoms with Gasteiger partial charge in [-0.15, -0.1) is 5.10 Å². The predicted molar refractivity (Wildman–Crippen MR) is 94.3 cm³/mol. The number of amides is 1. The minimum atomic E-state index is 0.265. The first-order chi connectivity index (χ1) is 11.6. The van der Waals surface area contributed by atoms with Crippen molar-refractivity contribution in [2.75, 3.05) is 42.6 Å². The molecule has 3 aliphatic heterocycles. The van der Waals surface area contributed by atoms with Crippen molar-refractivity contribution in [1.82, 2.24) is 15.1 Å². The quantitative estimate of drug-likeness (QED) is 0.834. The van der Waals surface area contributed by atoms with Crippen molar-refractivity contribution in [3.8, 4) is 0 Å². The van der Waals surface area contributed by atoms with Gasteiger partial charge in [-0.1, -0.05) is 18.9 Å². The Morgan fingerprint density at radius 1 is 1.21 bits per heavy atom. The Hall–Kier alpha value is -1.24. The monoisotopic (exact) mass is 350 g/mol. The molecule has 1 spiro atoms. The summed E-state index contributed by atoms with van der Waals surface area (Å²) in [7, 11) is 0. The van der Waals surface area contributed by atoms with Crippen LogP contribution in [0.5, 0.6) is 0 Å². The van der Waals surface area contributed by atoms with Crippen LogP contribution in [0, 0.1) is 11.3 Å². The molecule has 0 N–H and O–H groups in total. The highest BCUT2D eigenvalue weighted by Crippen LogP contribution is 2.42. The molecule has 3 aliphatic rings. The molecule has 132 valence electrons. The Balaban J connectivity index is 1.34. The third-order valence-electron chi connectivity index (χ3n) is 5.76. The van der Waals surface area contributed by atoms with Crippen molar-refractivity contribution in [3.63, 3.8) is 0 Å². The van der Waals surface area contributed by atoms with Gasteiger partial charge in [-0.2, -0.15) is 11.8 Å². The Morgan fingerprint density at radius 3 is 2.50 bits per heavy atom. The summed E-state index contributed by atoms with van der Waals surface area (Å²) in [5.41, 5.74) is 0.309. The van der Waals surface area contributed by atoms with E-state index in [1.165, 1.54) is 0 Å². The highest BCUT2D eigenvalue weighted by molar-refractivity contribution is 8.00. The van der Waals surface area contributed by atoms with Gasteiger partial charge < -0.3 is 14.2 Å². The molecule has 1 aromatic rings. The molecule has 4 rings (SSSR count). The van der Waals surface area contributed by atoms with E-state index in [0.29, 0.717) is 23.2 Å². The van der Waals surface area contributed by atoms with E-state index in [2.05, 4.69) is 33.8 Å². The first kappa shape index (κ1) is 16.2. The van der Waals surface area contributed by atoms with Crippen molar-refractivity contribution in [2.24, 2.45) is 11.3 Å². The molecule has 0 saturated carbocycles. The fourth-order valence-electron chi connectivity index (χ4n) is 3.93. The van der Waals surface area contributed by atoms with Crippen LogP contribution in [0.15, 0.2) is 4.42 Å². The zero-order valence-corrected chi connectivity index (χ0v) is 15.3. The smallest absolute Gasteiger partial charge is 0.318 e. The SMILES string of the molecule is CC(C)c1nnc(N2CCC3(CCN(C(=O)C4CSC4)C3)CC2)o1. The molecule has 0 bridgehead atoms. The minimum Gasteiger partial charge on any atom is -0.408 e. The molecule has 1 amide bonds. The first-order valence-electron chi connectivity index (χ1n) is 9.01. The highest BCUT2D eigenvalue weighted by Gasteiger charge is 2.44. The fraction of sp³-hybridized carbons (Fsp3) is 0.824. The number of hydrogen-bond donors (Lipinski definition) is 0. The average molecular weight is 350 g/mol. The van der Waals surface area contributed by atoms with Crippen LogP contribution >= 0.6 is 11.8 Å². The lowest BCUT2D eigenvalue weighted by Gasteiger charge is -2.38. The minimum absolute atomic E-state index is 0.265. The molecule has 6 nitrogen and oxygen atoms in total. The van der Waals surface area contributed by atoms with Crippen molar-refractivity contribution < 1.29 is 9.21 Å². The van der Waals surface area contributed by atoms with E-state index < -0.39 is 0 Å². The number of hydrogen-bond acceptors (Lipinski definition) is 6. The van der Waals surface area contributed by atoms with Crippen LogP contribution in [0.1, 0.15) is 44.9 Å². The molecule has 0 radical (unpaired) electrons. The van der Waals surface area contributed by atoms with Gasteiger partial charge in [0, 0.05) is 43.6 Å². The Morgan fingerprint density at radius 2 is 1.92 bits per heavy atom. The second-order valence-electron chi connectivity index (χ2n) is 7.81. The predicted octanol–water partition coefficient (Wildman–Crippen LogP) is 2.37. The van der Waals surface area contributed by atoms with Gasteiger partial charge in [-0.05, 0) is 24.7 Å². The summed E-state index contributed by atoms with van der Waals surface area (Å²) in [5, 5.41) is 8.34. The Bertz CT molecular complexity index is 605. The van der Waals surface area contributed by atoms with E-state index in [4.69, 9.17) is 4.42 Å². The summed E-state index contributed by atoms with van der Waals surface area (Å²) in [5.74, 6) is 3.70. The van der Waals surface area contributed by atoms with Crippen molar-refractivity contribution in [1.29, 1.82) is 0 Å². The van der Waals surface area contributed by atoms with Crippen LogP contribution in [-0.4, -0.2) is 58.7 Å². The number of carbonyl (C=O) groups excluding carboxylic acids is 1. The number of piperidine rings is 1. The van der Waals surface area contributed by atoms with Crippen molar-refractivity contribution in [3.05, 3.63) is 5.89 Å². The lowest BCUT2D eigenvalue weighted by atomic mass is 9.78. The Kier molecular flexibility index (Phi) is 4.22. The zero-order chi connectivity index (χ0) is 16.7. The number of carbonyl (C=O) groups is 1. The van der Waals surface area contributed by atoms with Crippen LogP contribution in [0.25, 0.3) is 0 Å². The molecule has 7 heteroatoms. The van der Waals surface area contributed by atoms with Crippen LogP contribution in [-0.2, 0) is 4.79 Å². The van der Waals surface area contributed by atoms with E-state index in [9.17, 15) is 4.79 Å². The van der Waals surface area contributed by atoms with Gasteiger partial charge >= 0.3 is 6.01 Å². The van der Waals surface area contributed by atoms with E-state index in [-0.39, 0.29) is 11.8 Å². The second kappa shape index (κ2) is 6.24. The van der Waals surface area contributed by atoms with Gasteiger partial charge in [0.1, 0.15) is 0 Å². The largest absolute Gasteiger partial charge is 0.408 e. The average Bonchev–Trinajstić information content (AvgIpc) is 3.14. The van der Waals surface area contributed by atoms with E-state index in [0.717, 1.165) is 56.9 Å². The number of thioether (sulfide) groups is 1. The van der Waals surface area contributed by atoms with Gasteiger partial charge in [-0.3, -0.25) is 4.79 Å². The van der Waals surface area contributed by atoms with Gasteiger partial charge in [0.05, 0.1) is 5.92 Å². The maximum absolute atomic E-state index is 12.5. The lowest BCUT2D eigenvalue weighted by molar-refractivity contribution is -0.133. The molecule has 0 aromatic carbocycles. The number of rotatable bonds is 3. The normalized spacial score (nSPS) is 24.0. The lowest BCUT2D eigenvalue weighted by Crippen LogP contribution is -2.44. The van der Waals surface area contributed by atoms with Gasteiger partial charge in [-0.25, -0.2) is 0 Å². The maximum Gasteiger partial charge on any atom is 0.318 e. The van der Waals surface area contributed by atoms with E-state index in [1.54, 1.807) is 0 Å². The summed E-state index contributed by atoms with van der Waals surface area (Å²) >= 11 is 1.88. The molecule has 24 heavy (non-hydrogen) atoms.